The van der Waals surface area contributed by atoms with Crippen molar-refractivity contribution in [2.24, 2.45) is 10.2 Å². The number of anilines is 2. The second kappa shape index (κ2) is 9.53. The molecule has 0 saturated carbocycles. The number of azo groups is 1. The fourth-order valence-electron chi connectivity index (χ4n) is 3.08. The third-order valence-corrected chi connectivity index (χ3v) is 6.62. The number of fused-ring (bicyclic) bond motifs is 1. The Kier molecular flexibility index (Phi) is 6.78. The number of benzene rings is 3. The van der Waals surface area contributed by atoms with E-state index in [-0.39, 0.29) is 27.3 Å². The first-order valence-electron chi connectivity index (χ1n) is 9.39. The fraction of sp³-hybridized carbons (Fsp3) is 0. The van der Waals surface area contributed by atoms with Crippen LogP contribution in [0.15, 0.2) is 68.6 Å². The van der Waals surface area contributed by atoms with Crippen LogP contribution in [0.4, 0.5) is 23.0 Å². The van der Waals surface area contributed by atoms with E-state index in [1.807, 2.05) is 0 Å². The molecule has 186 valence electrons. The van der Waals surface area contributed by atoms with Gasteiger partial charge < -0.3 is 19.5 Å². The number of phenols is 1. The van der Waals surface area contributed by atoms with E-state index in [1.54, 1.807) is 0 Å². The molecule has 3 aromatic carbocycles. The van der Waals surface area contributed by atoms with Gasteiger partial charge in [0, 0.05) is 11.1 Å². The number of rotatable bonds is 6. The van der Waals surface area contributed by atoms with Crippen LogP contribution in [0.25, 0.3) is 10.8 Å². The Morgan fingerprint density at radius 3 is 2.11 bits per heavy atom. The van der Waals surface area contributed by atoms with Gasteiger partial charge in [-0.15, -0.1) is 10.2 Å². The molecule has 1 heterocycles. The van der Waals surface area contributed by atoms with Crippen molar-refractivity contribution in [1.82, 2.24) is 15.0 Å². The molecule has 0 fully saturated rings. The molecule has 4 aromatic rings. The van der Waals surface area contributed by atoms with Gasteiger partial charge in [0.1, 0.15) is 31.6 Å². The molecule has 0 aliphatic rings. The number of hydrogen-bond acceptors (Lipinski definition) is 13. The molecule has 0 spiro atoms. The van der Waals surface area contributed by atoms with E-state index >= 15 is 0 Å². The molecule has 0 aliphatic heterocycles. The smallest absolute Gasteiger partial charge is 0.232 e. The van der Waals surface area contributed by atoms with Gasteiger partial charge in [-0.25, -0.2) is 16.8 Å². The Morgan fingerprint density at radius 1 is 0.833 bits per heavy atom. The number of nitrogens with one attached hydrogen (secondary N) is 1. The van der Waals surface area contributed by atoms with Gasteiger partial charge in [0.05, 0.1) is 9.79 Å². The summed E-state index contributed by atoms with van der Waals surface area (Å²) in [7, 11) is -10.1. The summed E-state index contributed by atoms with van der Waals surface area (Å²) in [6.45, 7) is 0. The summed E-state index contributed by atoms with van der Waals surface area (Å²) in [5.41, 5.74) is -0.860. The molecular weight excluding hydrogens is 559 g/mol. The molecule has 1 aromatic heterocycles. The molecule has 36 heavy (non-hydrogen) atoms. The number of halogens is 2. The van der Waals surface area contributed by atoms with Crippen LogP contribution in [-0.4, -0.2) is 46.0 Å². The molecule has 0 unspecified atom stereocenters. The molecule has 0 radical (unpaired) electrons. The van der Waals surface area contributed by atoms with E-state index < -0.39 is 47.2 Å². The molecule has 4 rings (SSSR count). The summed E-state index contributed by atoms with van der Waals surface area (Å²) in [6, 6.07) is 9.88. The van der Waals surface area contributed by atoms with E-state index in [2.05, 4.69) is 30.5 Å². The average molecular weight is 569 g/mol. The first-order valence-corrected chi connectivity index (χ1v) is 13.0. The largest absolute Gasteiger partial charge is 0.744 e. The molecule has 17 heteroatoms. The Morgan fingerprint density at radius 2 is 1.47 bits per heavy atom. The molecule has 0 atom stereocenters. The highest BCUT2D eigenvalue weighted by Gasteiger charge is 2.19. The zero-order valence-electron chi connectivity index (χ0n) is 17.3. The van der Waals surface area contributed by atoms with E-state index in [4.69, 9.17) is 23.2 Å². The van der Waals surface area contributed by atoms with Crippen LogP contribution in [0.3, 0.4) is 0 Å². The Balaban J connectivity index is 1.84. The van der Waals surface area contributed by atoms with Crippen LogP contribution in [-0.2, 0) is 20.2 Å². The minimum atomic E-state index is -5.21. The quantitative estimate of drug-likeness (QED) is 0.250. The lowest BCUT2D eigenvalue weighted by Crippen LogP contribution is -2.01. The number of hydrogen-bond donors (Lipinski definition) is 2. The summed E-state index contributed by atoms with van der Waals surface area (Å²) in [5.74, 6) is -0.761. The third-order valence-electron chi connectivity index (χ3n) is 4.55. The van der Waals surface area contributed by atoms with Gasteiger partial charge in [0.15, 0.2) is 5.75 Å². The highest BCUT2D eigenvalue weighted by molar-refractivity contribution is 7.86. The first kappa shape index (κ1) is 25.6. The van der Waals surface area contributed by atoms with Gasteiger partial charge >= 0.3 is 0 Å². The van der Waals surface area contributed by atoms with Gasteiger partial charge in [0.2, 0.25) is 16.5 Å². The van der Waals surface area contributed by atoms with Crippen molar-refractivity contribution in [2.45, 2.75) is 9.79 Å². The van der Waals surface area contributed by atoms with Crippen LogP contribution >= 0.6 is 23.2 Å². The van der Waals surface area contributed by atoms with Crippen molar-refractivity contribution in [2.75, 3.05) is 5.32 Å². The minimum Gasteiger partial charge on any atom is -0.744 e. The first-order chi connectivity index (χ1) is 16.8. The van der Waals surface area contributed by atoms with Crippen molar-refractivity contribution in [3.63, 3.8) is 0 Å². The molecular formula is C19H10Cl2N6O7S2-2. The molecule has 13 nitrogen and oxygen atoms in total. The van der Waals surface area contributed by atoms with Crippen molar-refractivity contribution >= 4 is 77.2 Å². The highest BCUT2D eigenvalue weighted by Crippen LogP contribution is 2.42. The lowest BCUT2D eigenvalue weighted by molar-refractivity contribution is 0.458. The van der Waals surface area contributed by atoms with E-state index in [0.717, 1.165) is 18.2 Å². The molecule has 0 aliphatic carbocycles. The lowest BCUT2D eigenvalue weighted by Gasteiger charge is -2.14. The number of phenolic OH excluding ortho intramolecular Hbond substituents is 1. The maximum absolute atomic E-state index is 12.0. The van der Waals surface area contributed by atoms with E-state index in [1.165, 1.54) is 30.3 Å². The van der Waals surface area contributed by atoms with Crippen molar-refractivity contribution in [3.05, 3.63) is 59.1 Å². The zero-order valence-corrected chi connectivity index (χ0v) is 20.5. The van der Waals surface area contributed by atoms with Gasteiger partial charge in [-0.05, 0) is 65.0 Å². The number of aromatic nitrogens is 3. The van der Waals surface area contributed by atoms with Crippen LogP contribution in [0.5, 0.6) is 5.75 Å². The molecule has 0 bridgehead atoms. The van der Waals surface area contributed by atoms with E-state index in [9.17, 15) is 31.0 Å². The van der Waals surface area contributed by atoms with Gasteiger partial charge in [-0.1, -0.05) is 12.1 Å². The van der Waals surface area contributed by atoms with Gasteiger partial charge in [0.25, 0.3) is 0 Å². The third kappa shape index (κ3) is 5.51. The van der Waals surface area contributed by atoms with Crippen LogP contribution < -0.4 is 5.32 Å². The van der Waals surface area contributed by atoms with E-state index in [0.29, 0.717) is 5.69 Å². The van der Waals surface area contributed by atoms with Gasteiger partial charge in [-0.3, -0.25) is 0 Å². The maximum atomic E-state index is 12.0. The molecule has 0 amide bonds. The predicted molar refractivity (Wildman–Crippen MR) is 125 cm³/mol. The van der Waals surface area contributed by atoms with Crippen LogP contribution in [0.2, 0.25) is 10.6 Å². The standard InChI is InChI=1S/C19H12Cl2N6O7S2/c20-17-23-18(21)25-19(24-17)22-10-5-6-11-9(7-10)8-14(36(32,33)34)15(16(11)28)27-26-12-3-1-2-4-13(12)35(29,30)31/h1-8,28H,(H,29,30,31)(H,32,33,34)(H,22,23,24,25)/p-2. The SMILES string of the molecule is O=S(=O)([O-])c1ccccc1N=Nc1c(S(=O)(=O)[O-])cc2cc(Nc3nc(Cl)nc(Cl)n3)ccc2c1O. The van der Waals surface area contributed by atoms with Crippen LogP contribution in [0, 0.1) is 0 Å². The molecule has 0 saturated heterocycles. The second-order valence-electron chi connectivity index (χ2n) is 6.91. The van der Waals surface area contributed by atoms with Crippen molar-refractivity contribution in [1.29, 1.82) is 0 Å². The predicted octanol–water partition coefficient (Wildman–Crippen LogP) is 4.00. The number of aromatic hydroxyl groups is 1. The second-order valence-corrected chi connectivity index (χ2v) is 10.3. The fourth-order valence-corrected chi connectivity index (χ4v) is 4.70. The zero-order chi connectivity index (χ0) is 26.3. The summed E-state index contributed by atoms with van der Waals surface area (Å²) in [4.78, 5) is 9.61. The highest BCUT2D eigenvalue weighted by atomic mass is 35.5. The topological polar surface area (TPSA) is 210 Å². The average Bonchev–Trinajstić information content (AvgIpc) is 2.76. The van der Waals surface area contributed by atoms with Crippen molar-refractivity contribution in [3.8, 4) is 5.75 Å². The summed E-state index contributed by atoms with van der Waals surface area (Å²) in [6.07, 6.45) is 0. The maximum Gasteiger partial charge on any atom is 0.232 e. The lowest BCUT2D eigenvalue weighted by atomic mass is 10.1. The Labute approximate surface area is 213 Å². The van der Waals surface area contributed by atoms with Crippen molar-refractivity contribution < 1.29 is 31.0 Å². The van der Waals surface area contributed by atoms with Gasteiger partial charge in [-0.2, -0.15) is 15.0 Å². The summed E-state index contributed by atoms with van der Waals surface area (Å²) < 4.78 is 70.2. The Bertz CT molecular complexity index is 1750. The summed E-state index contributed by atoms with van der Waals surface area (Å²) >= 11 is 11.5. The minimum absolute atomic E-state index is 0.0300. The number of nitrogens with zero attached hydrogens (tertiary/aromatic N) is 5. The Hall–Kier alpha value is -3.47. The van der Waals surface area contributed by atoms with Crippen LogP contribution in [0.1, 0.15) is 0 Å². The monoisotopic (exact) mass is 568 g/mol. The normalized spacial score (nSPS) is 12.3. The summed E-state index contributed by atoms with van der Waals surface area (Å²) in [5, 5.41) is 20.5. The molecule has 2 N–H and O–H groups in total.